The molecule has 1 aromatic carbocycles. The molecule has 0 bridgehead atoms. The summed E-state index contributed by atoms with van der Waals surface area (Å²) < 4.78 is 15.7. The predicted molar refractivity (Wildman–Crippen MR) is 88.5 cm³/mol. The number of aromatic amines is 1. The Kier molecular flexibility index (Phi) is 4.24. The average Bonchev–Trinajstić information content (AvgIpc) is 3.24. The van der Waals surface area contributed by atoms with E-state index in [4.69, 9.17) is 13.9 Å². The Hall–Kier alpha value is -3.22. The van der Waals surface area contributed by atoms with E-state index in [1.165, 1.54) is 6.26 Å². The minimum Gasteiger partial charge on any atom is -0.493 e. The second kappa shape index (κ2) is 6.49. The molecule has 2 N–H and O–H groups in total. The van der Waals surface area contributed by atoms with E-state index in [1.807, 2.05) is 19.1 Å². The summed E-state index contributed by atoms with van der Waals surface area (Å²) in [7, 11) is 3.15. The van der Waals surface area contributed by atoms with Crippen LogP contribution in [0.15, 0.2) is 41.0 Å². The highest BCUT2D eigenvalue weighted by molar-refractivity contribution is 6.04. The molecule has 1 amide bonds. The minimum atomic E-state index is -0.367. The highest BCUT2D eigenvalue weighted by Crippen LogP contribution is 2.36. The van der Waals surface area contributed by atoms with Crippen LogP contribution in [-0.4, -0.2) is 30.3 Å². The quantitative estimate of drug-likeness (QED) is 0.751. The number of hydrogen-bond acceptors (Lipinski definition) is 5. The molecule has 124 valence electrons. The van der Waals surface area contributed by atoms with Crippen molar-refractivity contribution >= 4 is 11.7 Å². The van der Waals surface area contributed by atoms with Crippen LogP contribution in [-0.2, 0) is 0 Å². The number of carbonyl (C=O) groups excluding carboxylic acids is 1. The maximum atomic E-state index is 12.2. The van der Waals surface area contributed by atoms with Gasteiger partial charge in [0.25, 0.3) is 5.91 Å². The number of nitrogens with one attached hydrogen (secondary N) is 2. The normalized spacial score (nSPS) is 10.5. The van der Waals surface area contributed by atoms with Crippen LogP contribution in [0.5, 0.6) is 11.5 Å². The zero-order valence-corrected chi connectivity index (χ0v) is 13.5. The molecule has 3 aromatic rings. The molecule has 0 saturated heterocycles. The lowest BCUT2D eigenvalue weighted by Crippen LogP contribution is -2.11. The monoisotopic (exact) mass is 327 g/mol. The topological polar surface area (TPSA) is 89.4 Å². The predicted octanol–water partition coefficient (Wildman–Crippen LogP) is 3.25. The number of anilines is 1. The van der Waals surface area contributed by atoms with E-state index in [1.54, 1.807) is 32.4 Å². The van der Waals surface area contributed by atoms with Gasteiger partial charge in [0.05, 0.1) is 20.5 Å². The van der Waals surface area contributed by atoms with Crippen LogP contribution < -0.4 is 14.8 Å². The molecule has 0 aliphatic rings. The number of furan rings is 1. The summed E-state index contributed by atoms with van der Waals surface area (Å²) >= 11 is 0. The molecule has 3 rings (SSSR count). The first-order valence-electron chi connectivity index (χ1n) is 7.26. The molecule has 0 aliphatic heterocycles. The van der Waals surface area contributed by atoms with Gasteiger partial charge in [0.15, 0.2) is 23.1 Å². The van der Waals surface area contributed by atoms with Gasteiger partial charge in [-0.2, -0.15) is 5.10 Å². The molecule has 0 unspecified atom stereocenters. The number of H-pyrrole nitrogens is 1. The Morgan fingerprint density at radius 1 is 1.21 bits per heavy atom. The van der Waals surface area contributed by atoms with Gasteiger partial charge in [-0.25, -0.2) is 0 Å². The summed E-state index contributed by atoms with van der Waals surface area (Å²) in [5.41, 5.74) is 2.43. The van der Waals surface area contributed by atoms with E-state index < -0.39 is 0 Å². The third kappa shape index (κ3) is 2.83. The fourth-order valence-corrected chi connectivity index (χ4v) is 2.44. The van der Waals surface area contributed by atoms with Crippen molar-refractivity contribution in [1.82, 2.24) is 10.2 Å². The second-order valence-corrected chi connectivity index (χ2v) is 5.07. The maximum absolute atomic E-state index is 12.2. The summed E-state index contributed by atoms with van der Waals surface area (Å²) in [4.78, 5) is 12.2. The molecule has 0 saturated carbocycles. The molecule has 0 aliphatic carbocycles. The SMILES string of the molecule is COc1ccc(-c2c(NC(=O)c3ccco3)n[nH]c2C)cc1OC. The fourth-order valence-electron chi connectivity index (χ4n) is 2.44. The van der Waals surface area contributed by atoms with Crippen molar-refractivity contribution in [2.75, 3.05) is 19.5 Å². The zero-order valence-electron chi connectivity index (χ0n) is 13.5. The van der Waals surface area contributed by atoms with Crippen molar-refractivity contribution in [3.63, 3.8) is 0 Å². The third-order valence-corrected chi connectivity index (χ3v) is 3.60. The zero-order chi connectivity index (χ0) is 17.1. The van der Waals surface area contributed by atoms with Crippen molar-refractivity contribution in [2.45, 2.75) is 6.92 Å². The van der Waals surface area contributed by atoms with E-state index in [2.05, 4.69) is 15.5 Å². The molecule has 0 fully saturated rings. The molecule has 0 spiro atoms. The average molecular weight is 327 g/mol. The molecule has 7 heteroatoms. The molecule has 2 aromatic heterocycles. The number of aromatic nitrogens is 2. The summed E-state index contributed by atoms with van der Waals surface area (Å²) in [6.07, 6.45) is 1.44. The molecular weight excluding hydrogens is 310 g/mol. The number of carbonyl (C=O) groups is 1. The minimum absolute atomic E-state index is 0.217. The molecule has 2 heterocycles. The van der Waals surface area contributed by atoms with Crippen molar-refractivity contribution in [3.05, 3.63) is 48.0 Å². The van der Waals surface area contributed by atoms with Crippen molar-refractivity contribution in [1.29, 1.82) is 0 Å². The van der Waals surface area contributed by atoms with Crippen LogP contribution in [0.2, 0.25) is 0 Å². The van der Waals surface area contributed by atoms with Crippen molar-refractivity contribution < 1.29 is 18.7 Å². The Bertz CT molecular complexity index is 853. The lowest BCUT2D eigenvalue weighted by Gasteiger charge is -2.10. The second-order valence-electron chi connectivity index (χ2n) is 5.07. The van der Waals surface area contributed by atoms with Gasteiger partial charge in [-0.05, 0) is 36.8 Å². The summed E-state index contributed by atoms with van der Waals surface area (Å²) in [6.45, 7) is 1.88. The molecule has 7 nitrogen and oxygen atoms in total. The Morgan fingerprint density at radius 3 is 2.67 bits per heavy atom. The van der Waals surface area contributed by atoms with E-state index in [9.17, 15) is 4.79 Å². The van der Waals surface area contributed by atoms with Crippen LogP contribution in [0.25, 0.3) is 11.1 Å². The standard InChI is InChI=1S/C17H17N3O4/c1-10-15(11-6-7-12(22-2)14(9-11)23-3)16(20-19-10)18-17(21)13-5-4-8-24-13/h4-9H,1-3H3,(H2,18,19,20,21). The van der Waals surface area contributed by atoms with Gasteiger partial charge in [0.2, 0.25) is 0 Å². The maximum Gasteiger partial charge on any atom is 0.292 e. The smallest absolute Gasteiger partial charge is 0.292 e. The number of nitrogens with zero attached hydrogens (tertiary/aromatic N) is 1. The van der Waals surface area contributed by atoms with E-state index in [-0.39, 0.29) is 11.7 Å². The van der Waals surface area contributed by atoms with Crippen LogP contribution >= 0.6 is 0 Å². The number of rotatable bonds is 5. The van der Waals surface area contributed by atoms with E-state index >= 15 is 0 Å². The number of benzene rings is 1. The number of methoxy groups -OCH3 is 2. The lowest BCUT2D eigenvalue weighted by atomic mass is 10.0. The highest BCUT2D eigenvalue weighted by atomic mass is 16.5. The van der Waals surface area contributed by atoms with Gasteiger partial charge in [-0.15, -0.1) is 0 Å². The van der Waals surface area contributed by atoms with Crippen LogP contribution in [0, 0.1) is 6.92 Å². The number of hydrogen-bond donors (Lipinski definition) is 2. The highest BCUT2D eigenvalue weighted by Gasteiger charge is 2.18. The van der Waals surface area contributed by atoms with Gasteiger partial charge >= 0.3 is 0 Å². The van der Waals surface area contributed by atoms with Crippen LogP contribution in [0.3, 0.4) is 0 Å². The summed E-state index contributed by atoms with van der Waals surface area (Å²) in [5.74, 6) is 1.49. The van der Waals surface area contributed by atoms with E-state index in [0.717, 1.165) is 16.8 Å². The summed E-state index contributed by atoms with van der Waals surface area (Å²) in [6, 6.07) is 8.75. The lowest BCUT2D eigenvalue weighted by molar-refractivity contribution is 0.0996. The third-order valence-electron chi connectivity index (χ3n) is 3.60. The molecule has 24 heavy (non-hydrogen) atoms. The van der Waals surface area contributed by atoms with Gasteiger partial charge in [0, 0.05) is 11.3 Å². The number of aryl methyl sites for hydroxylation is 1. The number of amides is 1. The fraction of sp³-hybridized carbons (Fsp3) is 0.176. The molecular formula is C17H17N3O4. The van der Waals surface area contributed by atoms with Gasteiger partial charge in [-0.3, -0.25) is 9.89 Å². The molecule has 0 radical (unpaired) electrons. The Balaban J connectivity index is 1.97. The molecule has 0 atom stereocenters. The van der Waals surface area contributed by atoms with Crippen molar-refractivity contribution in [2.24, 2.45) is 0 Å². The first-order valence-corrected chi connectivity index (χ1v) is 7.26. The summed E-state index contributed by atoms with van der Waals surface area (Å²) in [5, 5.41) is 9.81. The largest absolute Gasteiger partial charge is 0.493 e. The Morgan fingerprint density at radius 2 is 2.00 bits per heavy atom. The Labute approximate surface area is 138 Å². The van der Waals surface area contributed by atoms with Gasteiger partial charge < -0.3 is 19.2 Å². The van der Waals surface area contributed by atoms with Crippen LogP contribution in [0.1, 0.15) is 16.2 Å². The van der Waals surface area contributed by atoms with Crippen molar-refractivity contribution in [3.8, 4) is 22.6 Å². The first kappa shape index (κ1) is 15.7. The van der Waals surface area contributed by atoms with E-state index in [0.29, 0.717) is 17.3 Å². The first-order chi connectivity index (χ1) is 11.6. The van der Waals surface area contributed by atoms with Gasteiger partial charge in [0.1, 0.15) is 0 Å². The van der Waals surface area contributed by atoms with Gasteiger partial charge in [-0.1, -0.05) is 6.07 Å². The van der Waals surface area contributed by atoms with Crippen LogP contribution in [0.4, 0.5) is 5.82 Å². The number of ether oxygens (including phenoxy) is 2.